The zero-order valence-corrected chi connectivity index (χ0v) is 11.7. The van der Waals surface area contributed by atoms with E-state index in [4.69, 9.17) is 10.00 Å². The smallest absolute Gasteiger partial charge is 0.216 e. The Labute approximate surface area is 123 Å². The van der Waals surface area contributed by atoms with Crippen LogP contribution in [0.1, 0.15) is 5.82 Å². The number of hydrogen-bond acceptors (Lipinski definition) is 8. The van der Waals surface area contributed by atoms with E-state index >= 15 is 0 Å². The minimum Gasteiger partial charge on any atom is -0.497 e. The molecule has 0 fully saturated rings. The van der Waals surface area contributed by atoms with Gasteiger partial charge in [0.05, 0.1) is 17.3 Å². The molecule has 21 heavy (non-hydrogen) atoms. The second kappa shape index (κ2) is 5.56. The lowest BCUT2D eigenvalue weighted by atomic mass is 10.3. The molecule has 0 atom stereocenters. The lowest BCUT2D eigenvalue weighted by molar-refractivity contribution is 0.415. The molecule has 0 amide bonds. The van der Waals surface area contributed by atoms with Crippen molar-refractivity contribution < 1.29 is 4.74 Å². The molecule has 104 valence electrons. The summed E-state index contributed by atoms with van der Waals surface area (Å²) in [5.41, 5.74) is 1.12. The zero-order valence-electron chi connectivity index (χ0n) is 10.9. The van der Waals surface area contributed by atoms with Gasteiger partial charge in [-0.05, 0) is 23.4 Å². The van der Waals surface area contributed by atoms with Crippen molar-refractivity contribution >= 4 is 32.3 Å². The zero-order chi connectivity index (χ0) is 14.7. The number of nitrogens with one attached hydrogen (secondary N) is 2. The average Bonchev–Trinajstić information content (AvgIpc) is 3.16. The van der Waals surface area contributed by atoms with Gasteiger partial charge in [0.25, 0.3) is 0 Å². The fourth-order valence-electron chi connectivity index (χ4n) is 1.65. The number of nitriles is 1. The highest BCUT2D eigenvalue weighted by Gasteiger charge is 2.07. The summed E-state index contributed by atoms with van der Waals surface area (Å²) < 4.78 is 6.16. The van der Waals surface area contributed by atoms with Gasteiger partial charge in [-0.3, -0.25) is 0 Å². The van der Waals surface area contributed by atoms with Gasteiger partial charge < -0.3 is 10.1 Å². The number of tetrazole rings is 1. The van der Waals surface area contributed by atoms with Crippen molar-refractivity contribution in [2.45, 2.75) is 0 Å². The van der Waals surface area contributed by atoms with Gasteiger partial charge in [-0.15, -0.1) is 10.2 Å². The summed E-state index contributed by atoms with van der Waals surface area (Å²) in [6.45, 7) is 0. The fourth-order valence-corrected chi connectivity index (χ4v) is 2.51. The van der Waals surface area contributed by atoms with Crippen LogP contribution in [0.15, 0.2) is 24.4 Å². The van der Waals surface area contributed by atoms with Crippen LogP contribution >= 0.6 is 11.3 Å². The lowest BCUT2D eigenvalue weighted by Gasteiger charge is -1.96. The van der Waals surface area contributed by atoms with Crippen molar-refractivity contribution in [2.24, 2.45) is 0 Å². The number of anilines is 1. The van der Waals surface area contributed by atoms with Crippen LogP contribution in [0.5, 0.6) is 5.75 Å². The lowest BCUT2D eigenvalue weighted by Crippen LogP contribution is -1.92. The van der Waals surface area contributed by atoms with E-state index in [0.29, 0.717) is 5.13 Å². The molecule has 0 spiro atoms. The largest absolute Gasteiger partial charge is 0.497 e. The highest BCUT2D eigenvalue weighted by Crippen LogP contribution is 2.29. The molecule has 0 saturated heterocycles. The van der Waals surface area contributed by atoms with Crippen molar-refractivity contribution in [3.05, 3.63) is 30.2 Å². The van der Waals surface area contributed by atoms with Gasteiger partial charge in [0.1, 0.15) is 17.4 Å². The molecule has 0 bridgehead atoms. The van der Waals surface area contributed by atoms with Crippen molar-refractivity contribution in [3.8, 4) is 11.8 Å². The Hall–Kier alpha value is -2.99. The van der Waals surface area contributed by atoms with E-state index in [-0.39, 0.29) is 11.4 Å². The van der Waals surface area contributed by atoms with Crippen LogP contribution in [0.2, 0.25) is 0 Å². The maximum absolute atomic E-state index is 9.07. The van der Waals surface area contributed by atoms with Gasteiger partial charge in [0, 0.05) is 6.20 Å². The quantitative estimate of drug-likeness (QED) is 0.706. The number of aromatic amines is 1. The third-order valence-corrected chi connectivity index (χ3v) is 3.59. The number of allylic oxidation sites excluding steroid dienone is 1. The molecule has 2 heterocycles. The van der Waals surface area contributed by atoms with Crippen LogP contribution in [0.25, 0.3) is 15.8 Å². The number of aromatic nitrogens is 5. The van der Waals surface area contributed by atoms with Gasteiger partial charge in [-0.1, -0.05) is 11.3 Å². The summed E-state index contributed by atoms with van der Waals surface area (Å²) in [5.74, 6) is 1.01. The normalized spacial score (nSPS) is 11.3. The topological polar surface area (TPSA) is 112 Å². The van der Waals surface area contributed by atoms with E-state index in [9.17, 15) is 0 Å². The molecule has 2 aromatic heterocycles. The Bertz CT molecular complexity index is 831. The molecule has 0 aliphatic carbocycles. The van der Waals surface area contributed by atoms with Crippen LogP contribution in [0, 0.1) is 11.3 Å². The molecule has 0 aliphatic heterocycles. The van der Waals surface area contributed by atoms with Gasteiger partial charge in [-0.2, -0.15) is 10.5 Å². The van der Waals surface area contributed by atoms with Gasteiger partial charge in [0.2, 0.25) is 5.82 Å². The number of hydrogen-bond donors (Lipinski definition) is 2. The molecule has 2 N–H and O–H groups in total. The molecule has 0 unspecified atom stereocenters. The van der Waals surface area contributed by atoms with E-state index < -0.39 is 0 Å². The summed E-state index contributed by atoms with van der Waals surface area (Å²) in [7, 11) is 1.62. The maximum atomic E-state index is 9.07. The predicted octanol–water partition coefficient (Wildman–Crippen LogP) is 1.79. The highest BCUT2D eigenvalue weighted by atomic mass is 32.1. The molecule has 3 aromatic rings. The number of rotatable bonds is 4. The van der Waals surface area contributed by atoms with Gasteiger partial charge in [0.15, 0.2) is 5.13 Å². The Morgan fingerprint density at radius 3 is 3.14 bits per heavy atom. The van der Waals surface area contributed by atoms with Crippen molar-refractivity contribution in [3.63, 3.8) is 0 Å². The maximum Gasteiger partial charge on any atom is 0.216 e. The van der Waals surface area contributed by atoms with Crippen molar-refractivity contribution in [1.29, 1.82) is 5.26 Å². The van der Waals surface area contributed by atoms with Crippen LogP contribution in [-0.4, -0.2) is 32.7 Å². The van der Waals surface area contributed by atoms with Gasteiger partial charge in [-0.25, -0.2) is 4.98 Å². The monoisotopic (exact) mass is 299 g/mol. The first kappa shape index (κ1) is 13.0. The first-order valence-electron chi connectivity index (χ1n) is 5.85. The van der Waals surface area contributed by atoms with E-state index in [1.165, 1.54) is 17.5 Å². The SMILES string of the molecule is COc1ccc2nc(NC=C(C#N)c3nn[nH]n3)sc2c1. The third kappa shape index (κ3) is 2.65. The number of nitrogens with zero attached hydrogens (tertiary/aromatic N) is 5. The summed E-state index contributed by atoms with van der Waals surface area (Å²) in [4.78, 5) is 4.41. The second-order valence-corrected chi connectivity index (χ2v) is 4.93. The minimum absolute atomic E-state index is 0.229. The Morgan fingerprint density at radius 1 is 1.52 bits per heavy atom. The van der Waals surface area contributed by atoms with E-state index in [2.05, 4.69) is 30.9 Å². The van der Waals surface area contributed by atoms with Crippen LogP contribution in [0.3, 0.4) is 0 Å². The van der Waals surface area contributed by atoms with E-state index in [1.807, 2.05) is 24.3 Å². The van der Waals surface area contributed by atoms with Crippen LogP contribution < -0.4 is 10.1 Å². The number of thiazole rings is 1. The van der Waals surface area contributed by atoms with E-state index in [0.717, 1.165) is 16.0 Å². The predicted molar refractivity (Wildman–Crippen MR) is 77.6 cm³/mol. The standard InChI is InChI=1S/C12H9N7OS/c1-20-8-2-3-9-10(4-8)21-12(15-9)14-6-7(5-13)11-16-18-19-17-11/h2-4,6H,1H3,(H,14,15)(H,16,17,18,19). The number of methoxy groups -OCH3 is 1. The number of fused-ring (bicyclic) bond motifs is 1. The first-order valence-corrected chi connectivity index (χ1v) is 6.67. The molecule has 9 heteroatoms. The van der Waals surface area contributed by atoms with E-state index in [1.54, 1.807) is 7.11 Å². The number of H-pyrrole nitrogens is 1. The second-order valence-electron chi connectivity index (χ2n) is 3.90. The Kier molecular flexibility index (Phi) is 3.44. The minimum atomic E-state index is 0.229. The number of ether oxygens (including phenoxy) is 1. The third-order valence-electron chi connectivity index (χ3n) is 2.64. The summed E-state index contributed by atoms with van der Waals surface area (Å²) in [5, 5.41) is 25.9. The molecule has 1 aromatic carbocycles. The summed E-state index contributed by atoms with van der Waals surface area (Å²) in [6, 6.07) is 7.63. The Balaban J connectivity index is 1.86. The molecule has 8 nitrogen and oxygen atoms in total. The highest BCUT2D eigenvalue weighted by molar-refractivity contribution is 7.22. The molecular weight excluding hydrogens is 290 g/mol. The number of benzene rings is 1. The molecule has 0 aliphatic rings. The van der Waals surface area contributed by atoms with Crippen molar-refractivity contribution in [1.82, 2.24) is 25.6 Å². The summed E-state index contributed by atoms with van der Waals surface area (Å²) in [6.07, 6.45) is 1.50. The summed E-state index contributed by atoms with van der Waals surface area (Å²) >= 11 is 1.46. The Morgan fingerprint density at radius 2 is 2.43 bits per heavy atom. The average molecular weight is 299 g/mol. The fraction of sp³-hybridized carbons (Fsp3) is 0.0833. The molecule has 0 radical (unpaired) electrons. The first-order chi connectivity index (χ1) is 10.3. The van der Waals surface area contributed by atoms with Gasteiger partial charge >= 0.3 is 0 Å². The molecule has 3 rings (SSSR count). The van der Waals surface area contributed by atoms with Crippen LogP contribution in [0.4, 0.5) is 5.13 Å². The van der Waals surface area contributed by atoms with Crippen LogP contribution in [-0.2, 0) is 0 Å². The molecule has 0 saturated carbocycles. The molecular formula is C12H9N7OS. The van der Waals surface area contributed by atoms with Crippen molar-refractivity contribution in [2.75, 3.05) is 12.4 Å².